The standard InChI is InChI=1S/C17H17NO3S/c1-3-21-16(19)13-7-9-14(10-8-13)18-17(20)22-15-6-4-5-12(2)11-15/h4-11H,3H2,1-2H3,(H,18,20). The summed E-state index contributed by atoms with van der Waals surface area (Å²) in [5.74, 6) is -0.366. The van der Waals surface area contributed by atoms with Crippen molar-refractivity contribution in [1.29, 1.82) is 0 Å². The summed E-state index contributed by atoms with van der Waals surface area (Å²) < 4.78 is 4.91. The van der Waals surface area contributed by atoms with Gasteiger partial charge < -0.3 is 10.1 Å². The van der Waals surface area contributed by atoms with Crippen LogP contribution in [0.1, 0.15) is 22.8 Å². The van der Waals surface area contributed by atoms with Gasteiger partial charge in [-0.05, 0) is 62.0 Å². The van der Waals surface area contributed by atoms with Crippen LogP contribution >= 0.6 is 11.8 Å². The second-order valence-electron chi connectivity index (χ2n) is 4.63. The third kappa shape index (κ3) is 4.63. The van der Waals surface area contributed by atoms with Gasteiger partial charge in [-0.15, -0.1) is 0 Å². The van der Waals surface area contributed by atoms with Gasteiger partial charge in [-0.25, -0.2) is 4.79 Å². The number of carbonyl (C=O) groups is 2. The van der Waals surface area contributed by atoms with Crippen LogP contribution in [0.5, 0.6) is 0 Å². The third-order valence-corrected chi connectivity index (χ3v) is 3.62. The summed E-state index contributed by atoms with van der Waals surface area (Å²) in [7, 11) is 0. The molecule has 0 unspecified atom stereocenters. The highest BCUT2D eigenvalue weighted by Gasteiger charge is 2.08. The Morgan fingerprint density at radius 1 is 1.14 bits per heavy atom. The molecule has 0 bridgehead atoms. The molecule has 2 rings (SSSR count). The molecule has 0 heterocycles. The van der Waals surface area contributed by atoms with Crippen LogP contribution in [-0.4, -0.2) is 17.8 Å². The summed E-state index contributed by atoms with van der Waals surface area (Å²) in [5.41, 5.74) is 2.21. The molecule has 0 spiro atoms. The van der Waals surface area contributed by atoms with Crippen molar-refractivity contribution in [1.82, 2.24) is 0 Å². The van der Waals surface area contributed by atoms with E-state index >= 15 is 0 Å². The molecule has 0 atom stereocenters. The van der Waals surface area contributed by atoms with E-state index in [0.717, 1.165) is 22.2 Å². The van der Waals surface area contributed by atoms with Crippen LogP contribution in [-0.2, 0) is 4.74 Å². The molecule has 0 saturated carbocycles. The highest BCUT2D eigenvalue weighted by atomic mass is 32.2. The molecule has 0 saturated heterocycles. The molecule has 2 aromatic carbocycles. The average molecular weight is 315 g/mol. The predicted octanol–water partition coefficient (Wildman–Crippen LogP) is 4.50. The molecular weight excluding hydrogens is 298 g/mol. The maximum absolute atomic E-state index is 12.0. The summed E-state index contributed by atoms with van der Waals surface area (Å²) in [6.07, 6.45) is 0. The minimum absolute atomic E-state index is 0.172. The topological polar surface area (TPSA) is 55.4 Å². The van der Waals surface area contributed by atoms with Crippen molar-refractivity contribution in [3.8, 4) is 0 Å². The summed E-state index contributed by atoms with van der Waals surface area (Å²) in [4.78, 5) is 24.4. The normalized spacial score (nSPS) is 10.1. The van der Waals surface area contributed by atoms with Crippen molar-refractivity contribution in [2.75, 3.05) is 11.9 Å². The molecular formula is C17H17NO3S. The fourth-order valence-electron chi connectivity index (χ4n) is 1.83. The first-order chi connectivity index (χ1) is 10.6. The molecule has 0 radical (unpaired) electrons. The van der Waals surface area contributed by atoms with Crippen molar-refractivity contribution in [2.45, 2.75) is 18.7 Å². The van der Waals surface area contributed by atoms with Crippen molar-refractivity contribution in [3.05, 3.63) is 59.7 Å². The lowest BCUT2D eigenvalue weighted by Crippen LogP contribution is -2.07. The number of ether oxygens (including phenoxy) is 1. The number of aryl methyl sites for hydroxylation is 1. The van der Waals surface area contributed by atoms with E-state index in [4.69, 9.17) is 4.74 Å². The van der Waals surface area contributed by atoms with Gasteiger partial charge in [-0.3, -0.25) is 4.79 Å². The molecule has 22 heavy (non-hydrogen) atoms. The van der Waals surface area contributed by atoms with Gasteiger partial charge in [0.15, 0.2) is 0 Å². The zero-order valence-corrected chi connectivity index (χ0v) is 13.3. The van der Waals surface area contributed by atoms with Crippen LogP contribution < -0.4 is 5.32 Å². The van der Waals surface area contributed by atoms with Crippen molar-refractivity contribution in [2.24, 2.45) is 0 Å². The fourth-order valence-corrected chi connectivity index (χ4v) is 2.61. The van der Waals surface area contributed by atoms with Crippen LogP contribution in [0.2, 0.25) is 0 Å². The van der Waals surface area contributed by atoms with Crippen LogP contribution in [0.4, 0.5) is 10.5 Å². The number of thioether (sulfide) groups is 1. The van der Waals surface area contributed by atoms with E-state index in [-0.39, 0.29) is 11.2 Å². The Labute approximate surface area is 133 Å². The Balaban J connectivity index is 1.95. The van der Waals surface area contributed by atoms with Crippen LogP contribution in [0.3, 0.4) is 0 Å². The highest BCUT2D eigenvalue weighted by Crippen LogP contribution is 2.22. The van der Waals surface area contributed by atoms with E-state index in [0.29, 0.717) is 17.9 Å². The number of hydrogen-bond donors (Lipinski definition) is 1. The quantitative estimate of drug-likeness (QED) is 0.667. The lowest BCUT2D eigenvalue weighted by Gasteiger charge is -2.06. The first-order valence-electron chi connectivity index (χ1n) is 6.91. The van der Waals surface area contributed by atoms with E-state index in [2.05, 4.69) is 5.32 Å². The van der Waals surface area contributed by atoms with Gasteiger partial charge in [0.2, 0.25) is 0 Å². The largest absolute Gasteiger partial charge is 0.462 e. The predicted molar refractivity (Wildman–Crippen MR) is 88.5 cm³/mol. The molecule has 0 aliphatic carbocycles. The van der Waals surface area contributed by atoms with E-state index in [1.807, 2.05) is 31.2 Å². The molecule has 0 fully saturated rings. The zero-order valence-electron chi connectivity index (χ0n) is 12.5. The fraction of sp³-hybridized carbons (Fsp3) is 0.176. The Morgan fingerprint density at radius 3 is 2.50 bits per heavy atom. The van der Waals surface area contributed by atoms with Gasteiger partial charge in [-0.2, -0.15) is 0 Å². The van der Waals surface area contributed by atoms with Crippen LogP contribution in [0.25, 0.3) is 0 Å². The minimum Gasteiger partial charge on any atom is -0.462 e. The second kappa shape index (κ2) is 7.66. The molecule has 0 aliphatic rings. The number of benzene rings is 2. The number of nitrogens with one attached hydrogen (secondary N) is 1. The molecule has 5 heteroatoms. The van der Waals surface area contributed by atoms with E-state index in [1.54, 1.807) is 31.2 Å². The smallest absolute Gasteiger partial charge is 0.338 e. The lowest BCUT2D eigenvalue weighted by atomic mass is 10.2. The second-order valence-corrected chi connectivity index (χ2v) is 5.68. The molecule has 1 amide bonds. The SMILES string of the molecule is CCOC(=O)c1ccc(NC(=O)Sc2cccc(C)c2)cc1. The molecule has 0 aliphatic heterocycles. The van der Waals surface area contributed by atoms with Gasteiger partial charge in [0.05, 0.1) is 12.2 Å². The highest BCUT2D eigenvalue weighted by molar-refractivity contribution is 8.13. The molecule has 1 N–H and O–H groups in total. The molecule has 2 aromatic rings. The third-order valence-electron chi connectivity index (χ3n) is 2.84. The summed E-state index contributed by atoms with van der Waals surface area (Å²) in [6, 6.07) is 14.4. The van der Waals surface area contributed by atoms with Crippen molar-refractivity contribution >= 4 is 28.7 Å². The lowest BCUT2D eigenvalue weighted by molar-refractivity contribution is 0.0526. The van der Waals surface area contributed by atoms with Gasteiger partial charge in [0.25, 0.3) is 5.24 Å². The number of anilines is 1. The van der Waals surface area contributed by atoms with E-state index < -0.39 is 0 Å². The number of rotatable bonds is 4. The zero-order chi connectivity index (χ0) is 15.9. The molecule has 4 nitrogen and oxygen atoms in total. The van der Waals surface area contributed by atoms with Crippen molar-refractivity contribution in [3.63, 3.8) is 0 Å². The number of amides is 1. The Morgan fingerprint density at radius 2 is 1.86 bits per heavy atom. The Bertz CT molecular complexity index is 668. The Kier molecular flexibility index (Phi) is 5.61. The van der Waals surface area contributed by atoms with Crippen LogP contribution in [0, 0.1) is 6.92 Å². The van der Waals surface area contributed by atoms with E-state index in [9.17, 15) is 9.59 Å². The number of esters is 1. The van der Waals surface area contributed by atoms with Gasteiger partial charge in [0, 0.05) is 10.6 Å². The number of hydrogen-bond acceptors (Lipinski definition) is 4. The Hall–Kier alpha value is -2.27. The maximum Gasteiger partial charge on any atom is 0.338 e. The van der Waals surface area contributed by atoms with Gasteiger partial charge in [-0.1, -0.05) is 17.7 Å². The molecule has 114 valence electrons. The van der Waals surface area contributed by atoms with E-state index in [1.165, 1.54) is 0 Å². The van der Waals surface area contributed by atoms with Crippen LogP contribution in [0.15, 0.2) is 53.4 Å². The average Bonchev–Trinajstić information content (AvgIpc) is 2.48. The number of carbonyl (C=O) groups excluding carboxylic acids is 2. The maximum atomic E-state index is 12.0. The summed E-state index contributed by atoms with van der Waals surface area (Å²) in [5, 5.41) is 2.61. The molecule has 0 aromatic heterocycles. The first-order valence-corrected chi connectivity index (χ1v) is 7.73. The van der Waals surface area contributed by atoms with Gasteiger partial charge in [0.1, 0.15) is 0 Å². The first kappa shape index (κ1) is 16.1. The summed E-state index contributed by atoms with van der Waals surface area (Å²) in [6.45, 7) is 4.08. The summed E-state index contributed by atoms with van der Waals surface area (Å²) >= 11 is 1.13. The van der Waals surface area contributed by atoms with Gasteiger partial charge >= 0.3 is 5.97 Å². The monoisotopic (exact) mass is 315 g/mol. The van der Waals surface area contributed by atoms with Crippen molar-refractivity contribution < 1.29 is 14.3 Å². The minimum atomic E-state index is -0.366.